The average molecular weight is 441 g/mol. The minimum Gasteiger partial charge on any atom is -0.376 e. The van der Waals surface area contributed by atoms with Gasteiger partial charge in [0.15, 0.2) is 0 Å². The molecule has 2 aromatic carbocycles. The summed E-state index contributed by atoms with van der Waals surface area (Å²) in [6, 6.07) is 10.7. The van der Waals surface area contributed by atoms with Crippen LogP contribution in [0.25, 0.3) is 22.4 Å². The monoisotopic (exact) mass is 440 g/mol. The van der Waals surface area contributed by atoms with Gasteiger partial charge in [-0.05, 0) is 60.2 Å². The molecular formula is C23H22ClFN4O2. The number of carbonyl (C=O) groups excluding carboxylic acids is 1. The van der Waals surface area contributed by atoms with E-state index in [0.29, 0.717) is 21.8 Å². The van der Waals surface area contributed by atoms with Gasteiger partial charge in [-0.25, -0.2) is 4.39 Å². The minimum absolute atomic E-state index is 0.0952. The summed E-state index contributed by atoms with van der Waals surface area (Å²) < 4.78 is 20.0. The van der Waals surface area contributed by atoms with Crippen molar-refractivity contribution in [2.45, 2.75) is 31.3 Å². The molecule has 0 unspecified atom stereocenters. The van der Waals surface area contributed by atoms with E-state index in [-0.39, 0.29) is 25.2 Å². The number of amides is 1. The van der Waals surface area contributed by atoms with Crippen molar-refractivity contribution >= 4 is 17.5 Å². The molecule has 1 amide bonds. The number of hydrogen-bond acceptors (Lipinski definition) is 4. The van der Waals surface area contributed by atoms with Gasteiger partial charge in [0.1, 0.15) is 11.4 Å². The summed E-state index contributed by atoms with van der Waals surface area (Å²) in [4.78, 5) is 12.5. The van der Waals surface area contributed by atoms with Gasteiger partial charge in [-0.2, -0.15) is 5.10 Å². The number of nitrogens with one attached hydrogen (secondary N) is 2. The number of aromatic nitrogens is 2. The summed E-state index contributed by atoms with van der Waals surface area (Å²) in [7, 11) is 0. The SMILES string of the molecule is Cc1cc(-c2c(F)cc(Cl)cc2-c2ccc3c(c2)CC[C@@H]3NC(=O)C2(N)COC2)n[nH]1. The number of H-pyrrole nitrogens is 1. The second kappa shape index (κ2) is 7.44. The van der Waals surface area contributed by atoms with E-state index in [4.69, 9.17) is 22.1 Å². The van der Waals surface area contributed by atoms with Crippen LogP contribution in [0.4, 0.5) is 4.39 Å². The highest BCUT2D eigenvalue weighted by atomic mass is 35.5. The molecule has 2 aliphatic rings. The van der Waals surface area contributed by atoms with Crippen LogP contribution in [0.3, 0.4) is 0 Å². The van der Waals surface area contributed by atoms with Crippen molar-refractivity contribution in [3.05, 3.63) is 64.1 Å². The molecule has 1 aromatic heterocycles. The number of benzene rings is 2. The summed E-state index contributed by atoms with van der Waals surface area (Å²) in [5.74, 6) is -0.607. The number of nitrogens with two attached hydrogens (primary N) is 1. The van der Waals surface area contributed by atoms with Gasteiger partial charge in [-0.3, -0.25) is 9.89 Å². The largest absolute Gasteiger partial charge is 0.376 e. The van der Waals surface area contributed by atoms with Crippen molar-refractivity contribution in [2.75, 3.05) is 13.2 Å². The van der Waals surface area contributed by atoms with Crippen LogP contribution in [0.15, 0.2) is 36.4 Å². The lowest BCUT2D eigenvalue weighted by molar-refractivity contribution is -0.144. The van der Waals surface area contributed by atoms with Gasteiger partial charge >= 0.3 is 0 Å². The summed E-state index contributed by atoms with van der Waals surface area (Å²) in [6.07, 6.45) is 1.60. The molecule has 0 spiro atoms. The molecule has 0 saturated carbocycles. The van der Waals surface area contributed by atoms with Crippen LogP contribution in [0.5, 0.6) is 0 Å². The molecule has 1 fully saturated rings. The van der Waals surface area contributed by atoms with E-state index in [0.717, 1.165) is 35.2 Å². The standard InChI is InChI=1S/C23H22ClFN4O2/c1-12-6-20(29-28-12)21-17(8-15(24)9-18(21)25)14-2-4-16-13(7-14)3-5-19(16)27-22(30)23(26)10-31-11-23/h2,4,6-9,19H,3,5,10-11,26H2,1H3,(H,27,30)(H,28,29)/t19-/m0/s1. The Balaban J connectivity index is 1.49. The van der Waals surface area contributed by atoms with Crippen LogP contribution in [-0.2, 0) is 16.0 Å². The summed E-state index contributed by atoms with van der Waals surface area (Å²) in [5, 5.41) is 10.5. The van der Waals surface area contributed by atoms with Gasteiger partial charge in [0.05, 0.1) is 24.9 Å². The smallest absolute Gasteiger partial charge is 0.245 e. The van der Waals surface area contributed by atoms with Gasteiger partial charge in [0.2, 0.25) is 5.91 Å². The highest BCUT2D eigenvalue weighted by Crippen LogP contribution is 2.39. The highest BCUT2D eigenvalue weighted by molar-refractivity contribution is 6.31. The van der Waals surface area contributed by atoms with Crippen LogP contribution in [-0.4, -0.2) is 34.9 Å². The molecule has 31 heavy (non-hydrogen) atoms. The van der Waals surface area contributed by atoms with E-state index in [9.17, 15) is 9.18 Å². The van der Waals surface area contributed by atoms with Gasteiger partial charge in [-0.15, -0.1) is 0 Å². The lowest BCUT2D eigenvalue weighted by atomic mass is 9.94. The molecule has 1 aliphatic carbocycles. The Morgan fingerprint density at radius 1 is 1.32 bits per heavy atom. The Labute approximate surface area is 183 Å². The van der Waals surface area contributed by atoms with E-state index in [1.807, 2.05) is 31.2 Å². The second-order valence-corrected chi connectivity index (χ2v) is 8.81. The topological polar surface area (TPSA) is 93.0 Å². The van der Waals surface area contributed by atoms with E-state index in [2.05, 4.69) is 15.5 Å². The van der Waals surface area contributed by atoms with Crippen molar-refractivity contribution in [1.29, 1.82) is 0 Å². The first kappa shape index (κ1) is 20.2. The van der Waals surface area contributed by atoms with Crippen molar-refractivity contribution in [1.82, 2.24) is 15.5 Å². The molecule has 3 aromatic rings. The molecular weight excluding hydrogens is 419 g/mol. The second-order valence-electron chi connectivity index (χ2n) is 8.37. The van der Waals surface area contributed by atoms with Crippen LogP contribution in [0.2, 0.25) is 5.02 Å². The Bertz CT molecular complexity index is 1190. The Morgan fingerprint density at radius 2 is 2.13 bits per heavy atom. The fourth-order valence-electron chi connectivity index (χ4n) is 4.30. The first-order valence-electron chi connectivity index (χ1n) is 10.2. The molecule has 0 bridgehead atoms. The number of fused-ring (bicyclic) bond motifs is 1. The number of carbonyl (C=O) groups is 1. The van der Waals surface area contributed by atoms with Crippen molar-refractivity contribution < 1.29 is 13.9 Å². The Hall–Kier alpha value is -2.74. The third-order valence-corrected chi connectivity index (χ3v) is 6.24. The van der Waals surface area contributed by atoms with Gasteiger partial charge < -0.3 is 15.8 Å². The molecule has 1 saturated heterocycles. The predicted octanol–water partition coefficient (Wildman–Crippen LogP) is 3.68. The lowest BCUT2D eigenvalue weighted by Crippen LogP contribution is -2.66. The maximum absolute atomic E-state index is 14.9. The molecule has 4 N–H and O–H groups in total. The van der Waals surface area contributed by atoms with Crippen molar-refractivity contribution in [3.8, 4) is 22.4 Å². The van der Waals surface area contributed by atoms with Crippen LogP contribution in [0.1, 0.15) is 29.3 Å². The first-order valence-corrected chi connectivity index (χ1v) is 10.5. The van der Waals surface area contributed by atoms with Crippen molar-refractivity contribution in [2.24, 2.45) is 5.73 Å². The molecule has 1 atom stereocenters. The van der Waals surface area contributed by atoms with Crippen LogP contribution < -0.4 is 11.1 Å². The van der Waals surface area contributed by atoms with Gasteiger partial charge in [-0.1, -0.05) is 29.8 Å². The maximum atomic E-state index is 14.9. The minimum atomic E-state index is -0.933. The number of aryl methyl sites for hydroxylation is 2. The van der Waals surface area contributed by atoms with E-state index in [1.54, 1.807) is 6.07 Å². The number of ether oxygens (including phenoxy) is 1. The average Bonchev–Trinajstić information content (AvgIpc) is 3.31. The quantitative estimate of drug-likeness (QED) is 0.577. The summed E-state index contributed by atoms with van der Waals surface area (Å²) in [5.41, 5.74) is 10.6. The van der Waals surface area contributed by atoms with Gasteiger partial charge in [0.25, 0.3) is 0 Å². The molecule has 2 heterocycles. The number of nitrogens with zero attached hydrogens (tertiary/aromatic N) is 1. The normalized spacial score (nSPS) is 19.0. The number of hydrogen-bond donors (Lipinski definition) is 3. The van der Waals surface area contributed by atoms with E-state index < -0.39 is 11.4 Å². The molecule has 1 aliphatic heterocycles. The number of halogens is 2. The van der Waals surface area contributed by atoms with Crippen LogP contribution in [0, 0.1) is 12.7 Å². The zero-order chi connectivity index (χ0) is 21.8. The molecule has 160 valence electrons. The van der Waals surface area contributed by atoms with Crippen LogP contribution >= 0.6 is 11.6 Å². The van der Waals surface area contributed by atoms with Crippen molar-refractivity contribution in [3.63, 3.8) is 0 Å². The van der Waals surface area contributed by atoms with E-state index >= 15 is 0 Å². The summed E-state index contributed by atoms with van der Waals surface area (Å²) in [6.45, 7) is 2.36. The maximum Gasteiger partial charge on any atom is 0.245 e. The summed E-state index contributed by atoms with van der Waals surface area (Å²) >= 11 is 6.19. The van der Waals surface area contributed by atoms with E-state index in [1.165, 1.54) is 6.07 Å². The molecule has 5 rings (SSSR count). The number of rotatable bonds is 4. The third kappa shape index (κ3) is 3.52. The zero-order valence-corrected chi connectivity index (χ0v) is 17.7. The molecule has 0 radical (unpaired) electrons. The zero-order valence-electron chi connectivity index (χ0n) is 17.0. The fourth-order valence-corrected chi connectivity index (χ4v) is 4.50. The molecule has 6 nitrogen and oxygen atoms in total. The highest BCUT2D eigenvalue weighted by Gasteiger charge is 2.43. The first-order chi connectivity index (χ1) is 14.8. The molecule has 8 heteroatoms. The third-order valence-electron chi connectivity index (χ3n) is 6.03. The fraction of sp³-hybridized carbons (Fsp3) is 0.304. The predicted molar refractivity (Wildman–Crippen MR) is 116 cm³/mol. The number of aromatic amines is 1. The Morgan fingerprint density at radius 3 is 2.81 bits per heavy atom. The lowest BCUT2D eigenvalue weighted by Gasteiger charge is -2.36. The Kier molecular flexibility index (Phi) is 4.84. The van der Waals surface area contributed by atoms with Gasteiger partial charge in [0, 0.05) is 16.3 Å².